The molecule has 5 nitrogen and oxygen atoms in total. The largest absolute Gasteiger partial charge is 0.439 e. The van der Waals surface area contributed by atoms with Crippen LogP contribution in [0.25, 0.3) is 0 Å². The molecule has 1 heterocycles. The number of pyridine rings is 1. The molecule has 2 aromatic rings. The standard InChI is InChI=1S/C19H19N3O2/c1-14-4-9-17(21-12-14)24-16-7-5-15(6-8-16)22-18(23)19(13-20)10-2-3-11-19/h4-9,12H,2-3,10-11H2,1H3,(H,22,23). The molecule has 0 bridgehead atoms. The van der Waals surface area contributed by atoms with Gasteiger partial charge in [0.1, 0.15) is 11.2 Å². The van der Waals surface area contributed by atoms with E-state index in [0.29, 0.717) is 30.2 Å². The Labute approximate surface area is 141 Å². The summed E-state index contributed by atoms with van der Waals surface area (Å²) < 4.78 is 5.66. The molecule has 1 aliphatic rings. The van der Waals surface area contributed by atoms with Gasteiger partial charge in [0.15, 0.2) is 0 Å². The van der Waals surface area contributed by atoms with Crippen molar-refractivity contribution in [1.82, 2.24) is 4.98 Å². The summed E-state index contributed by atoms with van der Waals surface area (Å²) in [6.07, 6.45) is 4.87. The van der Waals surface area contributed by atoms with Crippen LogP contribution in [0, 0.1) is 23.7 Å². The summed E-state index contributed by atoms with van der Waals surface area (Å²) >= 11 is 0. The van der Waals surface area contributed by atoms with E-state index in [9.17, 15) is 10.1 Å². The Morgan fingerprint density at radius 2 is 1.92 bits per heavy atom. The zero-order chi connectivity index (χ0) is 17.0. The summed E-state index contributed by atoms with van der Waals surface area (Å²) in [6, 6.07) is 13.0. The van der Waals surface area contributed by atoms with Crippen LogP contribution in [-0.4, -0.2) is 10.9 Å². The molecule has 0 radical (unpaired) electrons. The summed E-state index contributed by atoms with van der Waals surface area (Å²) in [5.41, 5.74) is 0.852. The SMILES string of the molecule is Cc1ccc(Oc2ccc(NC(=O)C3(C#N)CCCC3)cc2)nc1. The number of nitriles is 1. The monoisotopic (exact) mass is 321 g/mol. The van der Waals surface area contributed by atoms with Gasteiger partial charge in [-0.05, 0) is 49.6 Å². The van der Waals surface area contributed by atoms with Gasteiger partial charge < -0.3 is 10.1 Å². The number of ether oxygens (including phenoxy) is 1. The van der Waals surface area contributed by atoms with Gasteiger partial charge in [0, 0.05) is 18.0 Å². The minimum atomic E-state index is -0.874. The Balaban J connectivity index is 1.65. The molecule has 0 aliphatic heterocycles. The number of carbonyl (C=O) groups is 1. The summed E-state index contributed by atoms with van der Waals surface area (Å²) in [5, 5.41) is 12.2. The molecule has 3 rings (SSSR count). The maximum absolute atomic E-state index is 12.4. The summed E-state index contributed by atoms with van der Waals surface area (Å²) in [6.45, 7) is 1.96. The van der Waals surface area contributed by atoms with E-state index in [0.717, 1.165) is 18.4 Å². The summed E-state index contributed by atoms with van der Waals surface area (Å²) in [5.74, 6) is 0.948. The lowest BCUT2D eigenvalue weighted by molar-refractivity contribution is -0.122. The highest BCUT2D eigenvalue weighted by Gasteiger charge is 2.41. The predicted molar refractivity (Wildman–Crippen MR) is 90.6 cm³/mol. The smallest absolute Gasteiger partial charge is 0.244 e. The first-order valence-electron chi connectivity index (χ1n) is 8.05. The predicted octanol–water partition coefficient (Wildman–Crippen LogP) is 4.20. The zero-order valence-corrected chi connectivity index (χ0v) is 13.6. The molecule has 0 spiro atoms. The van der Waals surface area contributed by atoms with Gasteiger partial charge in [-0.25, -0.2) is 4.98 Å². The fourth-order valence-corrected chi connectivity index (χ4v) is 2.86. The number of aromatic nitrogens is 1. The number of rotatable bonds is 4. The van der Waals surface area contributed by atoms with E-state index in [1.807, 2.05) is 19.1 Å². The number of hydrogen-bond donors (Lipinski definition) is 1. The van der Waals surface area contributed by atoms with Crippen molar-refractivity contribution >= 4 is 11.6 Å². The van der Waals surface area contributed by atoms with Crippen LogP contribution in [0.4, 0.5) is 5.69 Å². The lowest BCUT2D eigenvalue weighted by Gasteiger charge is -2.19. The molecule has 0 unspecified atom stereocenters. The van der Waals surface area contributed by atoms with Crippen molar-refractivity contribution < 1.29 is 9.53 Å². The highest BCUT2D eigenvalue weighted by atomic mass is 16.5. The minimum Gasteiger partial charge on any atom is -0.439 e. The third kappa shape index (κ3) is 3.38. The average Bonchev–Trinajstić information content (AvgIpc) is 3.09. The number of carbonyl (C=O) groups excluding carboxylic acids is 1. The Morgan fingerprint density at radius 1 is 1.21 bits per heavy atom. The fourth-order valence-electron chi connectivity index (χ4n) is 2.86. The van der Waals surface area contributed by atoms with Gasteiger partial charge in [0.05, 0.1) is 6.07 Å². The van der Waals surface area contributed by atoms with Gasteiger partial charge >= 0.3 is 0 Å². The number of anilines is 1. The van der Waals surface area contributed by atoms with Crippen molar-refractivity contribution in [2.45, 2.75) is 32.6 Å². The van der Waals surface area contributed by atoms with Crippen molar-refractivity contribution in [3.63, 3.8) is 0 Å². The number of nitrogens with zero attached hydrogens (tertiary/aromatic N) is 2. The van der Waals surface area contributed by atoms with Crippen LogP contribution in [0.1, 0.15) is 31.2 Å². The molecule has 0 atom stereocenters. The van der Waals surface area contributed by atoms with E-state index in [1.165, 1.54) is 0 Å². The van der Waals surface area contributed by atoms with E-state index < -0.39 is 5.41 Å². The van der Waals surface area contributed by atoms with Crippen molar-refractivity contribution in [3.8, 4) is 17.7 Å². The van der Waals surface area contributed by atoms with Crippen LogP contribution in [0.2, 0.25) is 0 Å². The minimum absolute atomic E-state index is 0.212. The first-order chi connectivity index (χ1) is 11.6. The lowest BCUT2D eigenvalue weighted by Crippen LogP contribution is -2.32. The average molecular weight is 321 g/mol. The highest BCUT2D eigenvalue weighted by Crippen LogP contribution is 2.38. The molecule has 0 saturated heterocycles. The zero-order valence-electron chi connectivity index (χ0n) is 13.6. The number of amides is 1. The van der Waals surface area contributed by atoms with Gasteiger partial charge in [-0.2, -0.15) is 5.26 Å². The Bertz CT molecular complexity index is 755. The molecule has 122 valence electrons. The van der Waals surface area contributed by atoms with Crippen LogP contribution in [0.5, 0.6) is 11.6 Å². The quantitative estimate of drug-likeness (QED) is 0.915. The maximum Gasteiger partial charge on any atom is 0.244 e. The van der Waals surface area contributed by atoms with Crippen molar-refractivity contribution in [2.75, 3.05) is 5.32 Å². The van der Waals surface area contributed by atoms with Crippen LogP contribution in [-0.2, 0) is 4.79 Å². The summed E-state index contributed by atoms with van der Waals surface area (Å²) in [4.78, 5) is 16.6. The van der Waals surface area contributed by atoms with Crippen LogP contribution in [0.15, 0.2) is 42.6 Å². The molecule has 24 heavy (non-hydrogen) atoms. The molecular formula is C19H19N3O2. The third-order valence-electron chi connectivity index (χ3n) is 4.32. The first kappa shape index (κ1) is 16.0. The second kappa shape index (κ2) is 6.71. The number of benzene rings is 1. The van der Waals surface area contributed by atoms with Crippen molar-refractivity contribution in [3.05, 3.63) is 48.2 Å². The summed E-state index contributed by atoms with van der Waals surface area (Å²) in [7, 11) is 0. The molecule has 1 amide bonds. The molecule has 1 fully saturated rings. The van der Waals surface area contributed by atoms with E-state index in [-0.39, 0.29) is 5.91 Å². The van der Waals surface area contributed by atoms with Crippen molar-refractivity contribution in [2.24, 2.45) is 5.41 Å². The molecule has 1 aromatic carbocycles. The van der Waals surface area contributed by atoms with Gasteiger partial charge in [0.25, 0.3) is 0 Å². The topological polar surface area (TPSA) is 75.0 Å². The number of hydrogen-bond acceptors (Lipinski definition) is 4. The second-order valence-electron chi connectivity index (χ2n) is 6.16. The van der Waals surface area contributed by atoms with Crippen LogP contribution in [0.3, 0.4) is 0 Å². The maximum atomic E-state index is 12.4. The highest BCUT2D eigenvalue weighted by molar-refractivity contribution is 5.97. The van der Waals surface area contributed by atoms with E-state index in [4.69, 9.17) is 4.74 Å². The molecular weight excluding hydrogens is 302 g/mol. The molecule has 1 saturated carbocycles. The van der Waals surface area contributed by atoms with Gasteiger partial charge in [-0.1, -0.05) is 18.9 Å². The molecule has 1 aromatic heterocycles. The van der Waals surface area contributed by atoms with Gasteiger partial charge in [-0.15, -0.1) is 0 Å². The van der Waals surface area contributed by atoms with Crippen LogP contribution >= 0.6 is 0 Å². The molecule has 5 heteroatoms. The molecule has 1 N–H and O–H groups in total. The second-order valence-corrected chi connectivity index (χ2v) is 6.16. The Morgan fingerprint density at radius 3 is 2.50 bits per heavy atom. The third-order valence-corrected chi connectivity index (χ3v) is 4.32. The normalized spacial score (nSPS) is 15.5. The number of aryl methyl sites for hydroxylation is 1. The van der Waals surface area contributed by atoms with E-state index in [1.54, 1.807) is 30.5 Å². The van der Waals surface area contributed by atoms with E-state index >= 15 is 0 Å². The fraction of sp³-hybridized carbons (Fsp3) is 0.316. The number of nitrogens with one attached hydrogen (secondary N) is 1. The first-order valence-corrected chi connectivity index (χ1v) is 8.05. The van der Waals surface area contributed by atoms with Crippen molar-refractivity contribution in [1.29, 1.82) is 5.26 Å². The van der Waals surface area contributed by atoms with E-state index in [2.05, 4.69) is 16.4 Å². The Hall–Kier alpha value is -2.87. The molecule has 1 aliphatic carbocycles. The lowest BCUT2D eigenvalue weighted by atomic mass is 9.87. The Kier molecular flexibility index (Phi) is 4.48. The van der Waals surface area contributed by atoms with Crippen LogP contribution < -0.4 is 10.1 Å². The van der Waals surface area contributed by atoms with Gasteiger partial charge in [-0.3, -0.25) is 4.79 Å². The van der Waals surface area contributed by atoms with Gasteiger partial charge in [0.2, 0.25) is 11.8 Å².